The van der Waals surface area contributed by atoms with Gasteiger partial charge < -0.3 is 14.7 Å². The summed E-state index contributed by atoms with van der Waals surface area (Å²) in [6, 6.07) is 19.7. The van der Waals surface area contributed by atoms with Crippen LogP contribution >= 0.6 is 0 Å². The van der Waals surface area contributed by atoms with Gasteiger partial charge in [0, 0.05) is 74.5 Å². The molecule has 3 spiro atoms. The topological polar surface area (TPSA) is 174 Å². The lowest BCUT2D eigenvalue weighted by Gasteiger charge is -2.23. The highest BCUT2D eigenvalue weighted by molar-refractivity contribution is 5.90. The lowest BCUT2D eigenvalue weighted by atomic mass is 9.96. The molecule has 0 aliphatic carbocycles. The Morgan fingerprint density at radius 2 is 0.631 bits per heavy atom. The van der Waals surface area contributed by atoms with Crippen LogP contribution in [-0.4, -0.2) is 120 Å². The summed E-state index contributed by atoms with van der Waals surface area (Å²) in [6.45, 7) is 7.67. The molecule has 3 N–H and O–H groups in total. The van der Waals surface area contributed by atoms with Crippen molar-refractivity contribution in [3.8, 4) is 33.8 Å². The second kappa shape index (κ2) is 22.5. The molecule has 6 aliphatic rings. The molecule has 24 heteroatoms. The first-order chi connectivity index (χ1) is 39.5. The zero-order valence-corrected chi connectivity index (χ0v) is 47.0. The molecule has 0 radical (unpaired) electrons. The van der Waals surface area contributed by atoms with E-state index in [9.17, 15) is 53.9 Å². The number of carbonyl (C=O) groups is 3. The maximum Gasteiger partial charge on any atom is 0.416 e. The molecule has 6 aromatic rings. The van der Waals surface area contributed by atoms with Crippen LogP contribution in [0.15, 0.2) is 91.0 Å². The van der Waals surface area contributed by atoms with Crippen molar-refractivity contribution >= 4 is 17.7 Å². The van der Waals surface area contributed by atoms with E-state index in [-0.39, 0.29) is 35.8 Å². The summed E-state index contributed by atoms with van der Waals surface area (Å²) in [4.78, 5) is 70.1. The van der Waals surface area contributed by atoms with Gasteiger partial charge in [-0.1, -0.05) is 36.4 Å². The van der Waals surface area contributed by atoms with Gasteiger partial charge in [-0.25, -0.2) is 29.9 Å². The van der Waals surface area contributed by atoms with Gasteiger partial charge in [-0.15, -0.1) is 0 Å². The van der Waals surface area contributed by atoms with Crippen molar-refractivity contribution < 1.29 is 53.9 Å². The number of aromatic nitrogens is 6. The fourth-order valence-corrected chi connectivity index (χ4v) is 12.3. The van der Waals surface area contributed by atoms with Gasteiger partial charge in [0.05, 0.1) is 51.9 Å². The maximum atomic E-state index is 12.8. The van der Waals surface area contributed by atoms with Crippen LogP contribution in [0.25, 0.3) is 33.8 Å². The number of amides is 3. The van der Waals surface area contributed by atoms with Crippen LogP contribution in [0.4, 0.5) is 39.5 Å². The molecule has 6 atom stereocenters. The first-order valence-electron chi connectivity index (χ1n) is 27.7. The number of alkyl halides is 9. The largest absolute Gasteiger partial charge is 0.416 e. The van der Waals surface area contributed by atoms with Crippen molar-refractivity contribution in [1.29, 1.82) is 0 Å². The summed E-state index contributed by atoms with van der Waals surface area (Å²) in [5.74, 6) is 2.04. The van der Waals surface area contributed by atoms with Crippen LogP contribution in [0.1, 0.15) is 127 Å². The monoisotopic (exact) mass is 1170 g/mol. The van der Waals surface area contributed by atoms with Gasteiger partial charge in [0.1, 0.15) is 34.1 Å². The molecular formula is C60H63F9N12O3. The smallest absolute Gasteiger partial charge is 0.344 e. The van der Waals surface area contributed by atoms with Gasteiger partial charge in [0.25, 0.3) is 0 Å². The van der Waals surface area contributed by atoms with Crippen LogP contribution < -0.4 is 16.0 Å². The van der Waals surface area contributed by atoms with E-state index in [1.807, 2.05) is 20.8 Å². The third kappa shape index (κ3) is 12.2. The average Bonchev–Trinajstić information content (AvgIpc) is 2.29. The normalized spacial score (nSPS) is 25.1. The molecule has 0 bridgehead atoms. The third-order valence-electron chi connectivity index (χ3n) is 16.9. The summed E-state index contributed by atoms with van der Waals surface area (Å²) in [7, 11) is 5.41. The molecule has 0 saturated carbocycles. The van der Waals surface area contributed by atoms with Crippen LogP contribution in [0.3, 0.4) is 0 Å². The molecule has 0 unspecified atom stereocenters. The molecule has 12 rings (SSSR count). The molecule has 3 amide bonds. The van der Waals surface area contributed by atoms with Crippen LogP contribution in [0, 0.1) is 20.8 Å². The molecule has 6 aliphatic heterocycles. The highest BCUT2D eigenvalue weighted by Crippen LogP contribution is 2.42. The van der Waals surface area contributed by atoms with E-state index in [2.05, 4.69) is 45.9 Å². The number of likely N-dealkylation sites (N-methyl/N-ethyl adjacent to an activating group) is 3. The molecule has 6 fully saturated rings. The van der Waals surface area contributed by atoms with Gasteiger partial charge in [-0.05, 0) is 133 Å². The van der Waals surface area contributed by atoms with Crippen molar-refractivity contribution in [2.24, 2.45) is 0 Å². The molecule has 9 heterocycles. The van der Waals surface area contributed by atoms with E-state index in [0.717, 1.165) is 131 Å². The van der Waals surface area contributed by atoms with E-state index in [0.29, 0.717) is 51.2 Å². The molecule has 84 heavy (non-hydrogen) atoms. The van der Waals surface area contributed by atoms with E-state index in [1.165, 1.54) is 36.4 Å². The number of aryl methyl sites for hydroxylation is 3. The fraction of sp³-hybridized carbons (Fsp3) is 0.450. The fourth-order valence-electron chi connectivity index (χ4n) is 12.3. The molecule has 444 valence electrons. The number of carbonyl (C=O) groups excluding carboxylic acids is 3. The Bertz CT molecular complexity index is 3100. The number of benzene rings is 3. The Balaban J connectivity index is 0.000000140. The predicted molar refractivity (Wildman–Crippen MR) is 292 cm³/mol. The van der Waals surface area contributed by atoms with Gasteiger partial charge in [-0.2, -0.15) is 39.5 Å². The zero-order valence-electron chi connectivity index (χ0n) is 47.0. The Morgan fingerprint density at radius 3 is 0.833 bits per heavy atom. The standard InChI is InChI=1S/3C20H21F3N4O/c3*1-12-11-16(13-3-5-14(6-4-13)20(21,22)23)25-17(24-12)15-7-8-19(26-15)9-10-27(2)18(19)28/h3*3-6,11,15,26H,7-10H2,1-2H3/t15-,19+;2*15-,19-/m110/s1. The number of likely N-dealkylation sites (tertiary alicyclic amines) is 3. The average molecular weight is 1170 g/mol. The van der Waals surface area contributed by atoms with Crippen molar-refractivity contribution in [3.63, 3.8) is 0 Å². The third-order valence-corrected chi connectivity index (χ3v) is 16.9. The van der Waals surface area contributed by atoms with E-state index >= 15 is 0 Å². The summed E-state index contributed by atoms with van der Waals surface area (Å²) in [6.07, 6.45) is -6.39. The highest BCUT2D eigenvalue weighted by Gasteiger charge is 2.53. The minimum Gasteiger partial charge on any atom is -0.344 e. The SMILES string of the molecule is Cc1cc(-c2ccc(C(F)(F)F)cc2)nc([C@@H]2CC[C@@]3(CCN(C)C3=O)N2)n1.Cc1cc(-c2ccc(C(F)(F)F)cc2)nc([C@H]2CC[C@@]3(CCN(C)C3=O)N2)n1.Cc1cc(-c2ccc(C(F)(F)F)cc2)nc([C@H]2CC[C@]3(CCN(C)C3=O)N2)n1. The lowest BCUT2D eigenvalue weighted by molar-refractivity contribution is -0.138. The van der Waals surface area contributed by atoms with Crippen molar-refractivity contribution in [2.45, 2.75) is 132 Å². The summed E-state index contributed by atoms with van der Waals surface area (Å²) in [5, 5.41) is 10.3. The maximum absolute atomic E-state index is 12.8. The predicted octanol–water partition coefficient (Wildman–Crippen LogP) is 10.5. The Labute approximate surface area is 479 Å². The number of hydrogen-bond acceptors (Lipinski definition) is 12. The van der Waals surface area contributed by atoms with Gasteiger partial charge in [0.15, 0.2) is 0 Å². The summed E-state index contributed by atoms with van der Waals surface area (Å²) >= 11 is 0. The lowest BCUT2D eigenvalue weighted by Crippen LogP contribution is -2.47. The second-order valence-electron chi connectivity index (χ2n) is 22.9. The first kappa shape index (κ1) is 59.7. The molecule has 15 nitrogen and oxygen atoms in total. The zero-order chi connectivity index (χ0) is 60.3. The van der Waals surface area contributed by atoms with E-state index in [1.54, 1.807) is 54.0 Å². The number of hydrogen-bond donors (Lipinski definition) is 3. The van der Waals surface area contributed by atoms with Crippen LogP contribution in [-0.2, 0) is 32.9 Å². The van der Waals surface area contributed by atoms with Crippen molar-refractivity contribution in [3.05, 3.63) is 142 Å². The number of halogens is 9. The quantitative estimate of drug-likeness (QED) is 0.135. The van der Waals surface area contributed by atoms with E-state index < -0.39 is 51.8 Å². The Kier molecular flexibility index (Phi) is 16.0. The Hall–Kier alpha value is -7.44. The molecule has 3 aromatic heterocycles. The number of nitrogens with one attached hydrogen (secondary N) is 3. The van der Waals surface area contributed by atoms with Crippen LogP contribution in [0.2, 0.25) is 0 Å². The second-order valence-corrected chi connectivity index (χ2v) is 22.9. The van der Waals surface area contributed by atoms with Gasteiger partial charge >= 0.3 is 18.5 Å². The highest BCUT2D eigenvalue weighted by atomic mass is 19.4. The van der Waals surface area contributed by atoms with Crippen molar-refractivity contribution in [2.75, 3.05) is 40.8 Å². The minimum atomic E-state index is -4.37. The number of rotatable bonds is 6. The van der Waals surface area contributed by atoms with Crippen LogP contribution in [0.5, 0.6) is 0 Å². The van der Waals surface area contributed by atoms with Gasteiger partial charge in [0.2, 0.25) is 17.7 Å². The minimum absolute atomic E-state index is 0.102. The molecule has 3 aromatic carbocycles. The van der Waals surface area contributed by atoms with Gasteiger partial charge in [-0.3, -0.25) is 30.3 Å². The van der Waals surface area contributed by atoms with E-state index in [4.69, 9.17) is 0 Å². The molecule has 6 saturated heterocycles. The van der Waals surface area contributed by atoms with Crippen molar-refractivity contribution in [1.82, 2.24) is 60.6 Å². The first-order valence-corrected chi connectivity index (χ1v) is 27.7. The summed E-state index contributed by atoms with van der Waals surface area (Å²) < 4.78 is 115. The molecular weight excluding hydrogens is 1110 g/mol. The Morgan fingerprint density at radius 1 is 0.393 bits per heavy atom. The number of nitrogens with zero attached hydrogens (tertiary/aromatic N) is 9. The summed E-state index contributed by atoms with van der Waals surface area (Å²) in [5.41, 5.74) is 2.05.